The lowest BCUT2D eigenvalue weighted by molar-refractivity contribution is -0.128. The molecular weight excluding hydrogens is 444 g/mol. The Morgan fingerprint density at radius 1 is 1.15 bits per heavy atom. The lowest BCUT2D eigenvalue weighted by atomic mass is 9.86. The van der Waals surface area contributed by atoms with Gasteiger partial charge in [-0.15, -0.1) is 0 Å². The third kappa shape index (κ3) is 5.35. The molecule has 0 fully saturated rings. The van der Waals surface area contributed by atoms with Crippen molar-refractivity contribution in [2.45, 2.75) is 45.3 Å². The number of nitrogens with zero attached hydrogens (tertiary/aromatic N) is 1. The van der Waals surface area contributed by atoms with Crippen molar-refractivity contribution >= 4 is 21.6 Å². The topological polar surface area (TPSA) is 94.2 Å². The van der Waals surface area contributed by atoms with E-state index in [1.165, 1.54) is 4.31 Å². The van der Waals surface area contributed by atoms with Crippen LogP contribution in [0.4, 0.5) is 5.69 Å². The number of ether oxygens (including phenoxy) is 3. The molecule has 1 heterocycles. The van der Waals surface area contributed by atoms with Gasteiger partial charge in [0.05, 0.1) is 38.7 Å². The molecule has 0 bridgehead atoms. The second kappa shape index (κ2) is 9.13. The standard InChI is InChI=1S/C24H32N2O6S/c1-15(18-13-17(30-5)9-11-20(18)31-6)25-23(27)22-14-26(33(7,28)29)19-12-16(24(2,3)4)8-10-21(19)32-22/h8-13,15,22H,14H2,1-7H3,(H,25,27)/t15-,22+/m1/s1. The van der Waals surface area contributed by atoms with Crippen LogP contribution in [0, 0.1) is 0 Å². The Labute approximate surface area is 195 Å². The molecule has 9 heteroatoms. The zero-order valence-electron chi connectivity index (χ0n) is 20.1. The SMILES string of the molecule is COc1ccc(OC)c([C@@H](C)NC(=O)[C@@H]2CN(S(C)(=O)=O)c3cc(C(C)(C)C)ccc3O2)c1. The first-order valence-electron chi connectivity index (χ1n) is 10.7. The number of amides is 1. The van der Waals surface area contributed by atoms with Crippen molar-refractivity contribution in [1.29, 1.82) is 0 Å². The van der Waals surface area contributed by atoms with Crippen LogP contribution in [0.3, 0.4) is 0 Å². The molecule has 1 aliphatic rings. The van der Waals surface area contributed by atoms with Crippen LogP contribution in [0.5, 0.6) is 17.2 Å². The predicted octanol–water partition coefficient (Wildman–Crippen LogP) is 3.41. The third-order valence-corrected chi connectivity index (χ3v) is 6.80. The molecule has 2 atom stereocenters. The minimum atomic E-state index is -3.63. The average Bonchev–Trinajstić information content (AvgIpc) is 2.75. The fraction of sp³-hybridized carbons (Fsp3) is 0.458. The van der Waals surface area contributed by atoms with Crippen LogP contribution in [0.2, 0.25) is 0 Å². The van der Waals surface area contributed by atoms with Gasteiger partial charge < -0.3 is 19.5 Å². The van der Waals surface area contributed by atoms with E-state index in [0.29, 0.717) is 22.9 Å². The lowest BCUT2D eigenvalue weighted by Gasteiger charge is -2.35. The van der Waals surface area contributed by atoms with Crippen LogP contribution >= 0.6 is 0 Å². The number of rotatable bonds is 6. The maximum absolute atomic E-state index is 13.1. The van der Waals surface area contributed by atoms with Crippen molar-refractivity contribution in [1.82, 2.24) is 5.32 Å². The molecule has 0 saturated carbocycles. The highest BCUT2D eigenvalue weighted by Crippen LogP contribution is 2.39. The van der Waals surface area contributed by atoms with Gasteiger partial charge in [0.2, 0.25) is 10.0 Å². The Morgan fingerprint density at radius 2 is 1.85 bits per heavy atom. The summed E-state index contributed by atoms with van der Waals surface area (Å²) in [5.74, 6) is 1.16. The Morgan fingerprint density at radius 3 is 2.42 bits per heavy atom. The molecule has 33 heavy (non-hydrogen) atoms. The van der Waals surface area contributed by atoms with Gasteiger partial charge in [-0.1, -0.05) is 26.8 Å². The van der Waals surface area contributed by atoms with E-state index < -0.39 is 28.1 Å². The number of sulfonamides is 1. The Balaban J connectivity index is 1.88. The second-order valence-electron chi connectivity index (χ2n) is 9.17. The predicted molar refractivity (Wildman–Crippen MR) is 128 cm³/mol. The summed E-state index contributed by atoms with van der Waals surface area (Å²) >= 11 is 0. The summed E-state index contributed by atoms with van der Waals surface area (Å²) in [6, 6.07) is 10.3. The van der Waals surface area contributed by atoms with Crippen LogP contribution in [0.25, 0.3) is 0 Å². The number of benzene rings is 2. The molecule has 0 aromatic heterocycles. The molecule has 3 rings (SSSR count). The van der Waals surface area contributed by atoms with Crippen molar-refractivity contribution in [2.24, 2.45) is 0 Å². The molecule has 2 aromatic carbocycles. The highest BCUT2D eigenvalue weighted by molar-refractivity contribution is 7.92. The van der Waals surface area contributed by atoms with E-state index in [1.807, 2.05) is 39.8 Å². The lowest BCUT2D eigenvalue weighted by Crippen LogP contribution is -2.51. The molecule has 0 radical (unpaired) electrons. The Hall–Kier alpha value is -2.94. The summed E-state index contributed by atoms with van der Waals surface area (Å²) < 4.78 is 43.1. The summed E-state index contributed by atoms with van der Waals surface area (Å²) in [5.41, 5.74) is 1.98. The maximum Gasteiger partial charge on any atom is 0.263 e. The minimum Gasteiger partial charge on any atom is -0.497 e. The molecule has 0 saturated heterocycles. The van der Waals surface area contributed by atoms with Crippen LogP contribution in [0.1, 0.15) is 44.9 Å². The second-order valence-corrected chi connectivity index (χ2v) is 11.1. The smallest absolute Gasteiger partial charge is 0.263 e. The van der Waals surface area contributed by atoms with Gasteiger partial charge in [0.15, 0.2) is 6.10 Å². The summed E-state index contributed by atoms with van der Waals surface area (Å²) in [7, 11) is -0.517. The van der Waals surface area contributed by atoms with Gasteiger partial charge in [-0.05, 0) is 48.2 Å². The Kier molecular flexibility index (Phi) is 6.83. The number of nitrogens with one attached hydrogen (secondary N) is 1. The quantitative estimate of drug-likeness (QED) is 0.687. The normalized spacial score (nSPS) is 16.9. The van der Waals surface area contributed by atoms with Gasteiger partial charge in [0.25, 0.3) is 5.91 Å². The van der Waals surface area contributed by atoms with E-state index in [0.717, 1.165) is 17.4 Å². The first kappa shape index (κ1) is 24.7. The van der Waals surface area contributed by atoms with Gasteiger partial charge in [-0.3, -0.25) is 9.10 Å². The molecule has 1 aliphatic heterocycles. The first-order valence-corrected chi connectivity index (χ1v) is 12.5. The largest absolute Gasteiger partial charge is 0.497 e. The van der Waals surface area contributed by atoms with Crippen LogP contribution in [-0.2, 0) is 20.2 Å². The molecule has 1 amide bonds. The van der Waals surface area contributed by atoms with E-state index in [-0.39, 0.29) is 12.0 Å². The van der Waals surface area contributed by atoms with E-state index in [4.69, 9.17) is 14.2 Å². The van der Waals surface area contributed by atoms with Crippen LogP contribution < -0.4 is 23.8 Å². The van der Waals surface area contributed by atoms with Gasteiger partial charge in [0.1, 0.15) is 17.2 Å². The number of hydrogen-bond donors (Lipinski definition) is 1. The first-order chi connectivity index (χ1) is 15.3. The van der Waals surface area contributed by atoms with Crippen molar-refractivity contribution in [3.05, 3.63) is 47.5 Å². The highest BCUT2D eigenvalue weighted by Gasteiger charge is 2.36. The van der Waals surface area contributed by atoms with E-state index in [1.54, 1.807) is 38.5 Å². The monoisotopic (exact) mass is 476 g/mol. The maximum atomic E-state index is 13.1. The molecule has 0 unspecified atom stereocenters. The molecule has 8 nitrogen and oxygen atoms in total. The fourth-order valence-electron chi connectivity index (χ4n) is 3.73. The average molecular weight is 477 g/mol. The van der Waals surface area contributed by atoms with Gasteiger partial charge in [-0.2, -0.15) is 0 Å². The molecule has 180 valence electrons. The number of carbonyl (C=O) groups excluding carboxylic acids is 1. The molecule has 0 spiro atoms. The van der Waals surface area contributed by atoms with Crippen molar-refractivity contribution in [2.75, 3.05) is 31.3 Å². The molecule has 0 aliphatic carbocycles. The van der Waals surface area contributed by atoms with Crippen molar-refractivity contribution in [3.8, 4) is 17.2 Å². The number of fused-ring (bicyclic) bond motifs is 1. The van der Waals surface area contributed by atoms with E-state index in [9.17, 15) is 13.2 Å². The van der Waals surface area contributed by atoms with Crippen molar-refractivity contribution < 1.29 is 27.4 Å². The van der Waals surface area contributed by atoms with Gasteiger partial charge in [0, 0.05) is 5.56 Å². The number of methoxy groups -OCH3 is 2. The van der Waals surface area contributed by atoms with Crippen molar-refractivity contribution in [3.63, 3.8) is 0 Å². The number of carbonyl (C=O) groups is 1. The summed E-state index contributed by atoms with van der Waals surface area (Å²) in [6.45, 7) is 7.85. The minimum absolute atomic E-state index is 0.118. The van der Waals surface area contributed by atoms with E-state index >= 15 is 0 Å². The summed E-state index contributed by atoms with van der Waals surface area (Å²) in [6.07, 6.45) is 0.122. The fourth-order valence-corrected chi connectivity index (χ4v) is 4.64. The molecule has 1 N–H and O–H groups in total. The zero-order chi connectivity index (χ0) is 24.6. The summed E-state index contributed by atoms with van der Waals surface area (Å²) in [5, 5.41) is 2.91. The summed E-state index contributed by atoms with van der Waals surface area (Å²) in [4.78, 5) is 13.1. The molecular formula is C24H32N2O6S. The third-order valence-electron chi connectivity index (χ3n) is 5.65. The molecule has 2 aromatic rings. The van der Waals surface area contributed by atoms with E-state index in [2.05, 4.69) is 5.32 Å². The Bertz CT molecular complexity index is 1140. The number of hydrogen-bond acceptors (Lipinski definition) is 6. The highest BCUT2D eigenvalue weighted by atomic mass is 32.2. The van der Waals surface area contributed by atoms with Crippen LogP contribution in [-0.4, -0.2) is 47.4 Å². The van der Waals surface area contributed by atoms with Gasteiger partial charge in [-0.25, -0.2) is 8.42 Å². The number of anilines is 1. The zero-order valence-corrected chi connectivity index (χ0v) is 20.9. The van der Waals surface area contributed by atoms with Gasteiger partial charge >= 0.3 is 0 Å². The van der Waals surface area contributed by atoms with Crippen LogP contribution in [0.15, 0.2) is 36.4 Å².